The third-order valence-corrected chi connectivity index (χ3v) is 6.37. The number of hydrogen-bond acceptors (Lipinski definition) is 8. The van der Waals surface area contributed by atoms with Crippen molar-refractivity contribution in [2.75, 3.05) is 31.1 Å². The topological polar surface area (TPSA) is 118 Å². The molecule has 1 saturated carbocycles. The Morgan fingerprint density at radius 1 is 1.03 bits per heavy atom. The molecular formula is C23H24N6O4. The Hall–Kier alpha value is -3.82. The molecule has 1 aliphatic carbocycles. The Kier molecular flexibility index (Phi) is 5.72. The molecule has 1 aromatic carbocycles. The van der Waals surface area contributed by atoms with Crippen molar-refractivity contribution >= 4 is 17.4 Å². The van der Waals surface area contributed by atoms with Crippen LogP contribution in [0.1, 0.15) is 47.8 Å². The summed E-state index contributed by atoms with van der Waals surface area (Å²) >= 11 is 0. The van der Waals surface area contributed by atoms with Crippen LogP contribution in [0.2, 0.25) is 0 Å². The van der Waals surface area contributed by atoms with E-state index in [0.29, 0.717) is 43.5 Å². The van der Waals surface area contributed by atoms with E-state index in [1.807, 2.05) is 12.1 Å². The average molecular weight is 448 g/mol. The van der Waals surface area contributed by atoms with Crippen LogP contribution in [0.5, 0.6) is 0 Å². The van der Waals surface area contributed by atoms with Gasteiger partial charge in [-0.05, 0) is 37.1 Å². The van der Waals surface area contributed by atoms with Crippen LogP contribution in [-0.4, -0.2) is 57.0 Å². The zero-order chi connectivity index (χ0) is 22.8. The summed E-state index contributed by atoms with van der Waals surface area (Å²) in [7, 11) is 0. The van der Waals surface area contributed by atoms with E-state index >= 15 is 0 Å². The van der Waals surface area contributed by atoms with Gasteiger partial charge in [-0.3, -0.25) is 14.9 Å². The molecular weight excluding hydrogens is 424 g/mol. The van der Waals surface area contributed by atoms with Crippen molar-refractivity contribution in [1.29, 1.82) is 0 Å². The predicted octanol–water partition coefficient (Wildman–Crippen LogP) is 3.66. The van der Waals surface area contributed by atoms with E-state index in [-0.39, 0.29) is 11.6 Å². The minimum atomic E-state index is -0.474. The molecule has 1 aliphatic heterocycles. The third-order valence-electron chi connectivity index (χ3n) is 6.37. The molecule has 10 nitrogen and oxygen atoms in total. The second-order valence-electron chi connectivity index (χ2n) is 8.43. The number of carbonyl (C=O) groups excluding carboxylic acids is 1. The quantitative estimate of drug-likeness (QED) is 0.429. The first-order valence-electron chi connectivity index (χ1n) is 11.2. The third kappa shape index (κ3) is 4.41. The van der Waals surface area contributed by atoms with Gasteiger partial charge < -0.3 is 14.3 Å². The highest BCUT2D eigenvalue weighted by atomic mass is 16.6. The van der Waals surface area contributed by atoms with Crippen LogP contribution in [0.15, 0.2) is 47.1 Å². The Labute approximate surface area is 190 Å². The summed E-state index contributed by atoms with van der Waals surface area (Å²) in [5.41, 5.74) is 1.24. The van der Waals surface area contributed by atoms with Crippen LogP contribution < -0.4 is 4.90 Å². The summed E-state index contributed by atoms with van der Waals surface area (Å²) in [5.74, 6) is 2.38. The second-order valence-corrected chi connectivity index (χ2v) is 8.43. The first-order chi connectivity index (χ1) is 16.1. The van der Waals surface area contributed by atoms with Gasteiger partial charge in [-0.25, -0.2) is 4.98 Å². The maximum atomic E-state index is 12.7. The minimum absolute atomic E-state index is 0.0264. The predicted molar refractivity (Wildman–Crippen MR) is 120 cm³/mol. The van der Waals surface area contributed by atoms with E-state index in [0.717, 1.165) is 30.1 Å². The zero-order valence-electron chi connectivity index (χ0n) is 18.1. The van der Waals surface area contributed by atoms with Crippen LogP contribution in [0.3, 0.4) is 0 Å². The van der Waals surface area contributed by atoms with E-state index in [1.54, 1.807) is 11.1 Å². The molecule has 0 radical (unpaired) electrons. The highest BCUT2D eigenvalue weighted by molar-refractivity contribution is 5.94. The van der Waals surface area contributed by atoms with E-state index in [9.17, 15) is 14.9 Å². The molecule has 3 heterocycles. The SMILES string of the molecule is O=C(c1ccc([N+](=O)[O-])cc1)N1CCN(c2ccc(-c3noc(C4CCCC4)n3)cn2)CC1. The van der Waals surface area contributed by atoms with E-state index in [2.05, 4.69) is 20.0 Å². The Bertz CT molecular complexity index is 1130. The van der Waals surface area contributed by atoms with Crippen molar-refractivity contribution in [3.63, 3.8) is 0 Å². The van der Waals surface area contributed by atoms with Crippen LogP contribution in [0.4, 0.5) is 11.5 Å². The molecule has 10 heteroatoms. The number of rotatable bonds is 5. The molecule has 1 amide bonds. The summed E-state index contributed by atoms with van der Waals surface area (Å²) in [6.07, 6.45) is 6.40. The number of amides is 1. The maximum Gasteiger partial charge on any atom is 0.269 e. The van der Waals surface area contributed by atoms with Crippen molar-refractivity contribution in [2.24, 2.45) is 0 Å². The van der Waals surface area contributed by atoms with Crippen molar-refractivity contribution in [1.82, 2.24) is 20.0 Å². The summed E-state index contributed by atoms with van der Waals surface area (Å²) in [6, 6.07) is 9.60. The lowest BCUT2D eigenvalue weighted by Gasteiger charge is -2.35. The number of piperazine rings is 1. The highest BCUT2D eigenvalue weighted by Gasteiger charge is 2.25. The lowest BCUT2D eigenvalue weighted by molar-refractivity contribution is -0.384. The molecule has 3 aromatic rings. The molecule has 5 rings (SSSR count). The minimum Gasteiger partial charge on any atom is -0.353 e. The van der Waals surface area contributed by atoms with Crippen LogP contribution in [0, 0.1) is 10.1 Å². The molecule has 0 unspecified atom stereocenters. The van der Waals surface area contributed by atoms with Gasteiger partial charge in [0.15, 0.2) is 0 Å². The normalized spacial score (nSPS) is 16.8. The van der Waals surface area contributed by atoms with E-state index < -0.39 is 4.92 Å². The standard InChI is InChI=1S/C23H24N6O4/c30-23(17-5-8-19(9-6-17)29(31)32)28-13-11-27(12-14-28)20-10-7-18(15-24-20)21-25-22(33-26-21)16-3-1-2-4-16/h5-10,15-16H,1-4,11-14H2. The number of non-ortho nitro benzene ring substituents is 1. The second kappa shape index (κ2) is 8.97. The largest absolute Gasteiger partial charge is 0.353 e. The number of hydrogen-bond donors (Lipinski definition) is 0. The van der Waals surface area contributed by atoms with Crippen molar-refractivity contribution in [2.45, 2.75) is 31.6 Å². The smallest absolute Gasteiger partial charge is 0.269 e. The molecule has 170 valence electrons. The van der Waals surface area contributed by atoms with Gasteiger partial charge in [0, 0.05) is 61.6 Å². The number of aromatic nitrogens is 3. The van der Waals surface area contributed by atoms with Gasteiger partial charge in [-0.15, -0.1) is 0 Å². The monoisotopic (exact) mass is 448 g/mol. The summed E-state index contributed by atoms with van der Waals surface area (Å²) in [5, 5.41) is 14.9. The molecule has 33 heavy (non-hydrogen) atoms. The fraction of sp³-hybridized carbons (Fsp3) is 0.391. The lowest BCUT2D eigenvalue weighted by atomic mass is 10.1. The lowest BCUT2D eigenvalue weighted by Crippen LogP contribution is -2.49. The summed E-state index contributed by atoms with van der Waals surface area (Å²) in [4.78, 5) is 36.1. The number of nitro benzene ring substituents is 1. The van der Waals surface area contributed by atoms with Gasteiger partial charge in [0.05, 0.1) is 4.92 Å². The first kappa shape index (κ1) is 21.0. The van der Waals surface area contributed by atoms with Gasteiger partial charge >= 0.3 is 0 Å². The fourth-order valence-corrected chi connectivity index (χ4v) is 4.44. The van der Waals surface area contributed by atoms with Gasteiger partial charge in [-0.1, -0.05) is 18.0 Å². The summed E-state index contributed by atoms with van der Waals surface area (Å²) < 4.78 is 5.47. The van der Waals surface area contributed by atoms with E-state index in [4.69, 9.17) is 4.52 Å². The number of nitro groups is 1. The number of carbonyl (C=O) groups is 1. The van der Waals surface area contributed by atoms with Gasteiger partial charge in [-0.2, -0.15) is 4.98 Å². The van der Waals surface area contributed by atoms with Crippen molar-refractivity contribution in [3.05, 3.63) is 64.2 Å². The molecule has 2 aromatic heterocycles. The van der Waals surface area contributed by atoms with Gasteiger partial charge in [0.2, 0.25) is 11.7 Å². The maximum absolute atomic E-state index is 12.7. The van der Waals surface area contributed by atoms with Gasteiger partial charge in [0.25, 0.3) is 11.6 Å². The fourth-order valence-electron chi connectivity index (χ4n) is 4.44. The number of pyridine rings is 1. The average Bonchev–Trinajstić information content (AvgIpc) is 3.56. The number of benzene rings is 1. The Morgan fingerprint density at radius 3 is 2.39 bits per heavy atom. The zero-order valence-corrected chi connectivity index (χ0v) is 18.1. The molecule has 0 bridgehead atoms. The summed E-state index contributed by atoms with van der Waals surface area (Å²) in [6.45, 7) is 2.40. The van der Waals surface area contributed by atoms with Crippen molar-refractivity contribution in [3.8, 4) is 11.4 Å². The number of nitrogens with zero attached hydrogens (tertiary/aromatic N) is 6. The van der Waals surface area contributed by atoms with E-state index in [1.165, 1.54) is 37.1 Å². The molecule has 0 spiro atoms. The van der Waals surface area contributed by atoms with Crippen LogP contribution in [-0.2, 0) is 0 Å². The number of anilines is 1. The molecule has 1 saturated heterocycles. The highest BCUT2D eigenvalue weighted by Crippen LogP contribution is 2.34. The molecule has 0 atom stereocenters. The first-order valence-corrected chi connectivity index (χ1v) is 11.2. The van der Waals surface area contributed by atoms with Crippen LogP contribution in [0.25, 0.3) is 11.4 Å². The molecule has 2 aliphatic rings. The van der Waals surface area contributed by atoms with Crippen LogP contribution >= 0.6 is 0 Å². The van der Waals surface area contributed by atoms with Crippen molar-refractivity contribution < 1.29 is 14.2 Å². The molecule has 2 fully saturated rings. The Balaban J connectivity index is 1.19. The van der Waals surface area contributed by atoms with Gasteiger partial charge in [0.1, 0.15) is 5.82 Å². The molecule has 0 N–H and O–H groups in total. The Morgan fingerprint density at radius 2 is 1.76 bits per heavy atom.